The van der Waals surface area contributed by atoms with Crippen molar-refractivity contribution in [3.8, 4) is 11.1 Å². The summed E-state index contributed by atoms with van der Waals surface area (Å²) in [4.78, 5) is 19.1. The lowest BCUT2D eigenvalue weighted by Gasteiger charge is -2.30. The van der Waals surface area contributed by atoms with E-state index in [4.69, 9.17) is 17.3 Å². The van der Waals surface area contributed by atoms with Crippen molar-refractivity contribution in [2.24, 2.45) is 5.92 Å². The molecule has 0 amide bonds. The molecule has 1 fully saturated rings. The van der Waals surface area contributed by atoms with Crippen LogP contribution >= 0.6 is 11.6 Å². The van der Waals surface area contributed by atoms with E-state index in [2.05, 4.69) is 9.97 Å². The second kappa shape index (κ2) is 6.71. The lowest BCUT2D eigenvalue weighted by Crippen LogP contribution is -2.28. The van der Waals surface area contributed by atoms with Crippen molar-refractivity contribution in [2.75, 3.05) is 5.73 Å². The zero-order valence-electron chi connectivity index (χ0n) is 13.2. The molecule has 3 rings (SSSR count). The molecule has 0 saturated heterocycles. The molecule has 1 aromatic carbocycles. The molecule has 1 aliphatic rings. The quantitative estimate of drug-likeness (QED) is 0.815. The third-order valence-electron chi connectivity index (χ3n) is 4.68. The highest BCUT2D eigenvalue weighted by Crippen LogP contribution is 2.43. The molecule has 1 saturated carbocycles. The average Bonchev–Trinajstić information content (AvgIpc) is 2.55. The number of nitrogens with zero attached hydrogens (tertiary/aromatic N) is 1. The van der Waals surface area contributed by atoms with Crippen molar-refractivity contribution in [3.63, 3.8) is 0 Å². The second-order valence-corrected chi connectivity index (χ2v) is 6.74. The van der Waals surface area contributed by atoms with Crippen molar-refractivity contribution in [2.45, 2.75) is 37.8 Å². The first-order valence-electron chi connectivity index (χ1n) is 7.98. The van der Waals surface area contributed by atoms with Crippen LogP contribution in [0.1, 0.15) is 37.3 Å². The fourth-order valence-corrected chi connectivity index (χ4v) is 3.52. The first kappa shape index (κ1) is 17.8. The smallest absolute Gasteiger partial charge is 0.369 e. The number of alkyl halides is 3. The van der Waals surface area contributed by atoms with Crippen molar-refractivity contribution >= 4 is 17.5 Å². The van der Waals surface area contributed by atoms with Gasteiger partial charge in [-0.25, -0.2) is 4.98 Å². The number of halogens is 4. The van der Waals surface area contributed by atoms with E-state index in [-0.39, 0.29) is 24.7 Å². The molecule has 0 bridgehead atoms. The number of benzene rings is 1. The fourth-order valence-electron chi connectivity index (χ4n) is 3.39. The third kappa shape index (κ3) is 3.81. The number of nitrogen functional groups attached to an aromatic ring is 1. The minimum absolute atomic E-state index is 0.0304. The lowest BCUT2D eigenvalue weighted by atomic mass is 9.78. The summed E-state index contributed by atoms with van der Waals surface area (Å²) in [6.07, 6.45) is -3.48. The van der Waals surface area contributed by atoms with Crippen molar-refractivity contribution < 1.29 is 13.2 Å². The number of rotatable bonds is 2. The van der Waals surface area contributed by atoms with E-state index in [1.165, 1.54) is 0 Å². The molecule has 0 unspecified atom stereocenters. The molecule has 2 aromatic rings. The van der Waals surface area contributed by atoms with Gasteiger partial charge in [-0.15, -0.1) is 0 Å². The zero-order chi connectivity index (χ0) is 18.2. The van der Waals surface area contributed by atoms with Crippen LogP contribution in [-0.2, 0) is 0 Å². The summed E-state index contributed by atoms with van der Waals surface area (Å²) in [5.74, 6) is -1.55. The monoisotopic (exact) mass is 371 g/mol. The van der Waals surface area contributed by atoms with Crippen LogP contribution in [0.3, 0.4) is 0 Å². The number of aromatic nitrogens is 2. The number of aromatic amines is 1. The van der Waals surface area contributed by atoms with E-state index in [0.29, 0.717) is 34.7 Å². The Hall–Kier alpha value is -2.02. The summed E-state index contributed by atoms with van der Waals surface area (Å²) >= 11 is 5.88. The van der Waals surface area contributed by atoms with Crippen LogP contribution in [0, 0.1) is 5.92 Å². The van der Waals surface area contributed by atoms with E-state index < -0.39 is 17.7 Å². The predicted molar refractivity (Wildman–Crippen MR) is 90.5 cm³/mol. The molecule has 0 spiro atoms. The number of nitrogens with two attached hydrogens (primary N) is 1. The molecule has 3 N–H and O–H groups in total. The van der Waals surface area contributed by atoms with Gasteiger partial charge in [0.1, 0.15) is 0 Å². The fraction of sp³-hybridized carbons (Fsp3) is 0.412. The van der Waals surface area contributed by atoms with Gasteiger partial charge in [-0.2, -0.15) is 13.2 Å². The standard InChI is InChI=1S/C17H17ClF3N3O/c18-12-7-3-9(4-8-12)13-14(23-16(22)24-15(13)25)10-1-5-11(6-2-10)17(19,20)21/h3-4,7-8,10-11H,1-2,5-6H2,(H3,22,23,24,25). The van der Waals surface area contributed by atoms with Gasteiger partial charge in [0, 0.05) is 10.9 Å². The lowest BCUT2D eigenvalue weighted by molar-refractivity contribution is -0.182. The average molecular weight is 372 g/mol. The summed E-state index contributed by atoms with van der Waals surface area (Å²) in [5.41, 5.74) is 6.69. The molecule has 4 nitrogen and oxygen atoms in total. The maximum atomic E-state index is 12.9. The summed E-state index contributed by atoms with van der Waals surface area (Å²) in [5, 5.41) is 0.524. The van der Waals surface area contributed by atoms with Gasteiger partial charge < -0.3 is 5.73 Å². The van der Waals surface area contributed by atoms with E-state index in [1.807, 2.05) is 0 Å². The van der Waals surface area contributed by atoms with Gasteiger partial charge in [0.15, 0.2) is 0 Å². The number of hydrogen-bond acceptors (Lipinski definition) is 3. The molecule has 0 aliphatic heterocycles. The van der Waals surface area contributed by atoms with Gasteiger partial charge in [0.25, 0.3) is 5.56 Å². The number of H-pyrrole nitrogens is 1. The van der Waals surface area contributed by atoms with Crippen molar-refractivity contribution in [1.29, 1.82) is 0 Å². The molecule has 1 aromatic heterocycles. The number of nitrogens with one attached hydrogen (secondary N) is 1. The molecule has 1 aliphatic carbocycles. The summed E-state index contributed by atoms with van der Waals surface area (Å²) in [6, 6.07) is 6.68. The molecule has 134 valence electrons. The molecule has 8 heteroatoms. The topological polar surface area (TPSA) is 71.8 Å². The normalized spacial score (nSPS) is 21.3. The Bertz CT molecular complexity index is 809. The van der Waals surface area contributed by atoms with Crippen LogP contribution in [0.5, 0.6) is 0 Å². The van der Waals surface area contributed by atoms with E-state index in [1.54, 1.807) is 24.3 Å². The highest BCUT2D eigenvalue weighted by Gasteiger charge is 2.42. The Morgan fingerprint density at radius 3 is 2.28 bits per heavy atom. The van der Waals surface area contributed by atoms with Crippen LogP contribution in [0.4, 0.5) is 19.1 Å². The SMILES string of the molecule is Nc1nc(C2CCC(C(F)(F)F)CC2)c(-c2ccc(Cl)cc2)c(=O)[nH]1. The van der Waals surface area contributed by atoms with Crippen LogP contribution in [0.25, 0.3) is 11.1 Å². The highest BCUT2D eigenvalue weighted by molar-refractivity contribution is 6.30. The first-order chi connectivity index (χ1) is 11.8. The Morgan fingerprint density at radius 1 is 1.12 bits per heavy atom. The Labute approximate surface area is 147 Å². The van der Waals surface area contributed by atoms with Crippen molar-refractivity contribution in [1.82, 2.24) is 9.97 Å². The summed E-state index contributed by atoms with van der Waals surface area (Å²) in [7, 11) is 0. The minimum Gasteiger partial charge on any atom is -0.369 e. The maximum Gasteiger partial charge on any atom is 0.391 e. The van der Waals surface area contributed by atoms with E-state index >= 15 is 0 Å². The maximum absolute atomic E-state index is 12.9. The zero-order valence-corrected chi connectivity index (χ0v) is 14.0. The summed E-state index contributed by atoms with van der Waals surface area (Å²) in [6.45, 7) is 0. The number of anilines is 1. The Balaban J connectivity index is 1.97. The van der Waals surface area contributed by atoms with Crippen LogP contribution in [0.2, 0.25) is 5.02 Å². The van der Waals surface area contributed by atoms with Gasteiger partial charge >= 0.3 is 6.18 Å². The largest absolute Gasteiger partial charge is 0.391 e. The van der Waals surface area contributed by atoms with Gasteiger partial charge in [-0.05, 0) is 43.4 Å². The minimum atomic E-state index is -4.18. The molecule has 1 heterocycles. The molecule has 0 radical (unpaired) electrons. The summed E-state index contributed by atoms with van der Waals surface area (Å²) < 4.78 is 38.6. The Kier molecular flexibility index (Phi) is 4.77. The van der Waals surface area contributed by atoms with Crippen LogP contribution < -0.4 is 11.3 Å². The molecular weight excluding hydrogens is 355 g/mol. The number of hydrogen-bond donors (Lipinski definition) is 2. The van der Waals surface area contributed by atoms with Gasteiger partial charge in [-0.3, -0.25) is 9.78 Å². The van der Waals surface area contributed by atoms with E-state index in [9.17, 15) is 18.0 Å². The van der Waals surface area contributed by atoms with Gasteiger partial charge in [-0.1, -0.05) is 23.7 Å². The highest BCUT2D eigenvalue weighted by atomic mass is 35.5. The third-order valence-corrected chi connectivity index (χ3v) is 4.93. The Morgan fingerprint density at radius 2 is 1.72 bits per heavy atom. The second-order valence-electron chi connectivity index (χ2n) is 6.31. The van der Waals surface area contributed by atoms with E-state index in [0.717, 1.165) is 0 Å². The molecule has 0 atom stereocenters. The molecular formula is C17H17ClF3N3O. The molecule has 25 heavy (non-hydrogen) atoms. The first-order valence-corrected chi connectivity index (χ1v) is 8.36. The van der Waals surface area contributed by atoms with Gasteiger partial charge in [0.2, 0.25) is 5.95 Å². The van der Waals surface area contributed by atoms with Gasteiger partial charge in [0.05, 0.1) is 17.2 Å². The van der Waals surface area contributed by atoms with Crippen molar-refractivity contribution in [3.05, 3.63) is 45.3 Å². The van der Waals surface area contributed by atoms with Crippen LogP contribution in [0.15, 0.2) is 29.1 Å². The van der Waals surface area contributed by atoms with Crippen LogP contribution in [-0.4, -0.2) is 16.1 Å². The predicted octanol–water partition coefficient (Wildman–Crippen LogP) is 4.51.